The summed E-state index contributed by atoms with van der Waals surface area (Å²) in [6.45, 7) is 4.59. The molecule has 0 aliphatic carbocycles. The second-order valence-corrected chi connectivity index (χ2v) is 9.78. The number of phenols is 1. The van der Waals surface area contributed by atoms with E-state index in [0.717, 1.165) is 23.1 Å². The Morgan fingerprint density at radius 3 is 2.49 bits per heavy atom. The number of β-amino-alcohol motifs (C(OH)–C–C–N with tert-alkyl or cyclic N) is 1. The van der Waals surface area contributed by atoms with Gasteiger partial charge in [-0.3, -0.25) is 4.79 Å². The van der Waals surface area contributed by atoms with E-state index in [0.29, 0.717) is 29.2 Å². The zero-order valence-electron chi connectivity index (χ0n) is 20.1. The maximum absolute atomic E-state index is 12.3. The smallest absolute Gasteiger partial charge is 0.224 e. The fraction of sp³-hybridized carbons (Fsp3) is 0.321. The number of carbonyl (C=O) groups excluding carboxylic acids is 1. The fourth-order valence-corrected chi connectivity index (χ4v) is 4.13. The van der Waals surface area contributed by atoms with Crippen LogP contribution in [-0.4, -0.2) is 33.3 Å². The summed E-state index contributed by atoms with van der Waals surface area (Å²) in [7, 11) is 0. The van der Waals surface area contributed by atoms with Crippen molar-refractivity contribution in [2.24, 2.45) is 0 Å². The van der Waals surface area contributed by atoms with Crippen molar-refractivity contribution in [3.05, 3.63) is 99.6 Å². The summed E-state index contributed by atoms with van der Waals surface area (Å²) in [4.78, 5) is 12.3. The molecule has 0 aromatic heterocycles. The molecule has 0 heterocycles. The van der Waals surface area contributed by atoms with Crippen molar-refractivity contribution in [1.29, 1.82) is 0 Å². The SMILES string of the molecule is CC(C)(Cc1cccc(CNC(=O)Cc2ccccc2Cl)c1)NC[C@@H](O)c1ccc(O)c(CO)c1. The number of aliphatic hydroxyl groups excluding tert-OH is 2. The van der Waals surface area contributed by atoms with Crippen molar-refractivity contribution in [1.82, 2.24) is 10.6 Å². The van der Waals surface area contributed by atoms with Crippen LogP contribution in [0.3, 0.4) is 0 Å². The average Bonchev–Trinajstić information content (AvgIpc) is 2.83. The molecule has 3 aromatic carbocycles. The van der Waals surface area contributed by atoms with Gasteiger partial charge in [-0.25, -0.2) is 0 Å². The molecule has 0 radical (unpaired) electrons. The summed E-state index contributed by atoms with van der Waals surface area (Å²) in [5.74, 6) is -0.0743. The van der Waals surface area contributed by atoms with Crippen LogP contribution in [0, 0.1) is 0 Å². The Morgan fingerprint density at radius 1 is 1.00 bits per heavy atom. The highest BCUT2D eigenvalue weighted by molar-refractivity contribution is 6.31. The van der Waals surface area contributed by atoms with Crippen LogP contribution in [0.2, 0.25) is 5.02 Å². The van der Waals surface area contributed by atoms with Gasteiger partial charge in [-0.1, -0.05) is 60.1 Å². The number of hydrogen-bond donors (Lipinski definition) is 5. The van der Waals surface area contributed by atoms with Crippen molar-refractivity contribution < 1.29 is 20.1 Å². The predicted octanol–water partition coefficient (Wildman–Crippen LogP) is 4.04. The van der Waals surface area contributed by atoms with E-state index in [2.05, 4.69) is 30.5 Å². The van der Waals surface area contributed by atoms with Crippen LogP contribution in [0.4, 0.5) is 0 Å². The van der Waals surface area contributed by atoms with Crippen molar-refractivity contribution in [3.63, 3.8) is 0 Å². The standard InChI is InChI=1S/C28H33ClN2O4/c1-28(2,31-17-26(34)22-10-11-25(33)23(13-22)18-32)15-19-6-5-7-20(12-19)16-30-27(35)14-21-8-3-4-9-24(21)29/h3-13,26,31-34H,14-18H2,1-2H3,(H,30,35)/t26-/m1/s1. The van der Waals surface area contributed by atoms with Crippen LogP contribution in [0.25, 0.3) is 0 Å². The molecule has 0 spiro atoms. The van der Waals surface area contributed by atoms with Crippen LogP contribution in [0.5, 0.6) is 5.75 Å². The fourth-order valence-electron chi connectivity index (χ4n) is 3.93. The molecule has 0 bridgehead atoms. The molecular formula is C28H33ClN2O4. The van der Waals surface area contributed by atoms with Gasteiger partial charge in [0.2, 0.25) is 5.91 Å². The minimum atomic E-state index is -0.778. The zero-order chi connectivity index (χ0) is 25.4. The topological polar surface area (TPSA) is 102 Å². The van der Waals surface area contributed by atoms with Crippen molar-refractivity contribution >= 4 is 17.5 Å². The van der Waals surface area contributed by atoms with E-state index in [1.807, 2.05) is 36.4 Å². The van der Waals surface area contributed by atoms with Gasteiger partial charge in [-0.05, 0) is 60.7 Å². The molecule has 0 fully saturated rings. The number of aromatic hydroxyl groups is 1. The lowest BCUT2D eigenvalue weighted by Crippen LogP contribution is -2.43. The quantitative estimate of drug-likeness (QED) is 0.276. The van der Waals surface area contributed by atoms with Gasteiger partial charge in [0.05, 0.1) is 19.1 Å². The minimum Gasteiger partial charge on any atom is -0.508 e. The largest absolute Gasteiger partial charge is 0.508 e. The number of nitrogens with one attached hydrogen (secondary N) is 2. The Morgan fingerprint density at radius 2 is 1.74 bits per heavy atom. The van der Waals surface area contributed by atoms with Crippen LogP contribution in [-0.2, 0) is 30.8 Å². The predicted molar refractivity (Wildman–Crippen MR) is 138 cm³/mol. The molecule has 0 saturated heterocycles. The molecule has 5 N–H and O–H groups in total. The summed E-state index contributed by atoms with van der Waals surface area (Å²) in [5, 5.41) is 36.6. The van der Waals surface area contributed by atoms with Gasteiger partial charge >= 0.3 is 0 Å². The van der Waals surface area contributed by atoms with Crippen molar-refractivity contribution in [2.45, 2.75) is 51.5 Å². The van der Waals surface area contributed by atoms with E-state index in [-0.39, 0.29) is 30.2 Å². The Bertz CT molecular complexity index is 1150. The Hall–Kier alpha value is -2.90. The van der Waals surface area contributed by atoms with Crippen molar-refractivity contribution in [3.8, 4) is 5.75 Å². The number of aliphatic hydroxyl groups is 2. The number of amides is 1. The summed E-state index contributed by atoms with van der Waals surface area (Å²) in [5.41, 5.74) is 3.63. The molecule has 3 rings (SSSR count). The Labute approximate surface area is 211 Å². The van der Waals surface area contributed by atoms with Crippen LogP contribution in [0.15, 0.2) is 66.7 Å². The molecule has 0 aliphatic rings. The molecule has 6 nitrogen and oxygen atoms in total. The number of hydrogen-bond acceptors (Lipinski definition) is 5. The monoisotopic (exact) mass is 496 g/mol. The Kier molecular flexibility index (Phi) is 9.29. The summed E-state index contributed by atoms with van der Waals surface area (Å²) >= 11 is 6.15. The molecule has 0 aliphatic heterocycles. The van der Waals surface area contributed by atoms with E-state index in [1.54, 1.807) is 18.2 Å². The van der Waals surface area contributed by atoms with Crippen LogP contribution < -0.4 is 10.6 Å². The molecule has 0 saturated carbocycles. The minimum absolute atomic E-state index is 0.0108. The highest BCUT2D eigenvalue weighted by Gasteiger charge is 2.20. The molecule has 35 heavy (non-hydrogen) atoms. The van der Waals surface area contributed by atoms with Crippen LogP contribution >= 0.6 is 11.6 Å². The summed E-state index contributed by atoms with van der Waals surface area (Å²) in [6, 6.07) is 20.1. The second kappa shape index (κ2) is 12.2. The highest BCUT2D eigenvalue weighted by atomic mass is 35.5. The molecule has 3 aromatic rings. The molecule has 186 valence electrons. The van der Waals surface area contributed by atoms with E-state index in [4.69, 9.17) is 11.6 Å². The van der Waals surface area contributed by atoms with Crippen molar-refractivity contribution in [2.75, 3.05) is 6.54 Å². The van der Waals surface area contributed by atoms with Crippen LogP contribution in [0.1, 0.15) is 47.8 Å². The number of carbonyl (C=O) groups is 1. The molecule has 1 amide bonds. The molecule has 1 atom stereocenters. The van der Waals surface area contributed by atoms with Gasteiger partial charge in [-0.2, -0.15) is 0 Å². The second-order valence-electron chi connectivity index (χ2n) is 9.37. The first-order valence-electron chi connectivity index (χ1n) is 11.6. The maximum Gasteiger partial charge on any atom is 0.224 e. The lowest BCUT2D eigenvalue weighted by molar-refractivity contribution is -0.120. The van der Waals surface area contributed by atoms with E-state index in [1.165, 1.54) is 6.07 Å². The van der Waals surface area contributed by atoms with E-state index < -0.39 is 6.10 Å². The molecule has 0 unspecified atom stereocenters. The third-order valence-corrected chi connectivity index (χ3v) is 6.24. The lowest BCUT2D eigenvalue weighted by atomic mass is 9.93. The third-order valence-electron chi connectivity index (χ3n) is 5.87. The van der Waals surface area contributed by atoms with Gasteiger partial charge in [0, 0.05) is 29.2 Å². The van der Waals surface area contributed by atoms with Gasteiger partial charge < -0.3 is 26.0 Å². The first-order valence-corrected chi connectivity index (χ1v) is 12.0. The number of benzene rings is 3. The Balaban J connectivity index is 1.53. The molecular weight excluding hydrogens is 464 g/mol. The van der Waals surface area contributed by atoms with E-state index in [9.17, 15) is 20.1 Å². The van der Waals surface area contributed by atoms with Gasteiger partial charge in [0.15, 0.2) is 0 Å². The number of halogens is 1. The van der Waals surface area contributed by atoms with Gasteiger partial charge in [0.25, 0.3) is 0 Å². The third kappa shape index (κ3) is 8.08. The van der Waals surface area contributed by atoms with Gasteiger partial charge in [-0.15, -0.1) is 0 Å². The van der Waals surface area contributed by atoms with Gasteiger partial charge in [0.1, 0.15) is 5.75 Å². The normalized spacial score (nSPS) is 12.4. The average molecular weight is 497 g/mol. The number of rotatable bonds is 11. The first kappa shape index (κ1) is 26.7. The first-order chi connectivity index (χ1) is 16.7. The van der Waals surface area contributed by atoms with E-state index >= 15 is 0 Å². The summed E-state index contributed by atoms with van der Waals surface area (Å²) in [6.07, 6.45) is 0.178. The summed E-state index contributed by atoms with van der Waals surface area (Å²) < 4.78 is 0. The maximum atomic E-state index is 12.3. The highest BCUT2D eigenvalue weighted by Crippen LogP contribution is 2.23. The zero-order valence-corrected chi connectivity index (χ0v) is 20.8. The molecule has 7 heteroatoms. The lowest BCUT2D eigenvalue weighted by Gasteiger charge is -2.28.